The number of piperidine rings is 1. The summed E-state index contributed by atoms with van der Waals surface area (Å²) in [6.45, 7) is 1.50. The Bertz CT molecular complexity index is 775. The van der Waals surface area contributed by atoms with Gasteiger partial charge in [0.1, 0.15) is 25.0 Å². The van der Waals surface area contributed by atoms with Crippen LogP contribution in [-0.2, 0) is 23.8 Å². The van der Waals surface area contributed by atoms with Crippen molar-refractivity contribution in [2.45, 2.75) is 25.3 Å². The molecule has 3 heterocycles. The lowest BCUT2D eigenvalue weighted by molar-refractivity contribution is 0.295. The molecule has 1 saturated heterocycles. The molecule has 1 aliphatic heterocycles. The highest BCUT2D eigenvalue weighted by atomic mass is 32.2. The minimum atomic E-state index is -3.34. The molecule has 0 amide bonds. The molecule has 0 saturated carbocycles. The molecule has 10 nitrogen and oxygen atoms in total. The SMILES string of the molecule is CN(C)S(=O)(=O)N1CCC(c2nnc(Cn3cncn3)n2C)CC1. The largest absolute Gasteiger partial charge is 0.316 e. The molecule has 11 heteroatoms. The molecule has 0 radical (unpaired) electrons. The average Bonchev–Trinajstić information content (AvgIpc) is 3.19. The van der Waals surface area contributed by atoms with Gasteiger partial charge in [0, 0.05) is 40.2 Å². The molecule has 0 bridgehead atoms. The first-order chi connectivity index (χ1) is 11.4. The predicted molar refractivity (Wildman–Crippen MR) is 86.3 cm³/mol. The van der Waals surface area contributed by atoms with E-state index in [1.807, 2.05) is 11.6 Å². The van der Waals surface area contributed by atoms with E-state index in [1.54, 1.807) is 25.1 Å². The van der Waals surface area contributed by atoms with Gasteiger partial charge in [-0.05, 0) is 12.8 Å². The van der Waals surface area contributed by atoms with Gasteiger partial charge >= 0.3 is 0 Å². The second kappa shape index (κ2) is 6.57. The van der Waals surface area contributed by atoms with E-state index in [0.717, 1.165) is 24.5 Å². The Kier molecular flexibility index (Phi) is 4.65. The van der Waals surface area contributed by atoms with Crippen LogP contribution in [0.1, 0.15) is 30.4 Å². The molecule has 132 valence electrons. The fourth-order valence-electron chi connectivity index (χ4n) is 2.90. The summed E-state index contributed by atoms with van der Waals surface area (Å²) in [4.78, 5) is 3.92. The number of aromatic nitrogens is 6. The first-order valence-corrected chi connectivity index (χ1v) is 9.17. The van der Waals surface area contributed by atoms with Crippen molar-refractivity contribution in [3.8, 4) is 0 Å². The predicted octanol–water partition coefficient (Wildman–Crippen LogP) is -0.559. The quantitative estimate of drug-likeness (QED) is 0.713. The minimum Gasteiger partial charge on any atom is -0.316 e. The lowest BCUT2D eigenvalue weighted by Crippen LogP contribution is -2.44. The first-order valence-electron chi connectivity index (χ1n) is 7.77. The van der Waals surface area contributed by atoms with Crippen molar-refractivity contribution in [2.75, 3.05) is 27.2 Å². The van der Waals surface area contributed by atoms with E-state index in [-0.39, 0.29) is 5.92 Å². The minimum absolute atomic E-state index is 0.209. The smallest absolute Gasteiger partial charge is 0.281 e. The van der Waals surface area contributed by atoms with Crippen LogP contribution < -0.4 is 0 Å². The molecule has 0 aromatic carbocycles. The van der Waals surface area contributed by atoms with Crippen LogP contribution in [0.2, 0.25) is 0 Å². The molecule has 0 unspecified atom stereocenters. The molecule has 0 N–H and O–H groups in total. The highest BCUT2D eigenvalue weighted by molar-refractivity contribution is 7.86. The summed E-state index contributed by atoms with van der Waals surface area (Å²) in [6, 6.07) is 0. The van der Waals surface area contributed by atoms with Crippen molar-refractivity contribution < 1.29 is 8.42 Å². The summed E-state index contributed by atoms with van der Waals surface area (Å²) in [6.07, 6.45) is 4.60. The molecular formula is C13H22N8O2S. The molecule has 0 atom stereocenters. The highest BCUT2D eigenvalue weighted by Crippen LogP contribution is 2.28. The van der Waals surface area contributed by atoms with Crippen molar-refractivity contribution >= 4 is 10.2 Å². The highest BCUT2D eigenvalue weighted by Gasteiger charge is 2.32. The van der Waals surface area contributed by atoms with Crippen molar-refractivity contribution in [3.63, 3.8) is 0 Å². The summed E-state index contributed by atoms with van der Waals surface area (Å²) in [5.41, 5.74) is 0. The average molecular weight is 354 g/mol. The van der Waals surface area contributed by atoms with Crippen LogP contribution >= 0.6 is 0 Å². The zero-order valence-corrected chi connectivity index (χ0v) is 14.9. The topological polar surface area (TPSA) is 102 Å². The summed E-state index contributed by atoms with van der Waals surface area (Å²) < 4.78 is 30.8. The molecule has 3 rings (SSSR count). The van der Waals surface area contributed by atoms with Crippen molar-refractivity contribution in [3.05, 3.63) is 24.3 Å². The van der Waals surface area contributed by atoms with Gasteiger partial charge in [-0.3, -0.25) is 0 Å². The monoisotopic (exact) mass is 354 g/mol. The lowest BCUT2D eigenvalue weighted by Gasteiger charge is -2.32. The third kappa shape index (κ3) is 3.19. The van der Waals surface area contributed by atoms with Crippen molar-refractivity contribution in [1.29, 1.82) is 0 Å². The summed E-state index contributed by atoms with van der Waals surface area (Å²) in [7, 11) is 1.71. The number of rotatable bonds is 5. The molecule has 2 aromatic heterocycles. The van der Waals surface area contributed by atoms with Gasteiger partial charge in [0.25, 0.3) is 10.2 Å². The van der Waals surface area contributed by atoms with E-state index < -0.39 is 10.2 Å². The Morgan fingerprint density at radius 3 is 2.54 bits per heavy atom. The van der Waals surface area contributed by atoms with E-state index in [4.69, 9.17) is 0 Å². The van der Waals surface area contributed by atoms with Gasteiger partial charge in [-0.15, -0.1) is 10.2 Å². The number of hydrogen-bond acceptors (Lipinski definition) is 6. The Hall–Kier alpha value is -1.85. The van der Waals surface area contributed by atoms with Gasteiger partial charge in [0.15, 0.2) is 5.82 Å². The fourth-order valence-corrected chi connectivity index (χ4v) is 4.04. The molecule has 0 spiro atoms. The van der Waals surface area contributed by atoms with Crippen LogP contribution in [0.3, 0.4) is 0 Å². The third-order valence-corrected chi connectivity index (χ3v) is 6.32. The van der Waals surface area contributed by atoms with Crippen molar-refractivity contribution in [2.24, 2.45) is 7.05 Å². The van der Waals surface area contributed by atoms with E-state index in [9.17, 15) is 8.42 Å². The van der Waals surface area contributed by atoms with Gasteiger partial charge in [0.2, 0.25) is 0 Å². The van der Waals surface area contributed by atoms with Crippen LogP contribution in [0.4, 0.5) is 0 Å². The lowest BCUT2D eigenvalue weighted by atomic mass is 9.97. The normalized spacial score (nSPS) is 17.7. The maximum Gasteiger partial charge on any atom is 0.281 e. The summed E-state index contributed by atoms with van der Waals surface area (Å²) in [5, 5.41) is 12.6. The van der Waals surface area contributed by atoms with Gasteiger partial charge in [-0.25, -0.2) is 9.67 Å². The number of nitrogens with zero attached hydrogens (tertiary/aromatic N) is 8. The Morgan fingerprint density at radius 2 is 1.96 bits per heavy atom. The Balaban J connectivity index is 1.68. The maximum absolute atomic E-state index is 12.2. The van der Waals surface area contributed by atoms with Crippen LogP contribution in [0.15, 0.2) is 12.7 Å². The molecular weight excluding hydrogens is 332 g/mol. The number of hydrogen-bond donors (Lipinski definition) is 0. The van der Waals surface area contributed by atoms with Crippen LogP contribution in [0, 0.1) is 0 Å². The van der Waals surface area contributed by atoms with E-state index in [2.05, 4.69) is 20.3 Å². The second-order valence-corrected chi connectivity index (χ2v) is 8.23. The molecule has 1 fully saturated rings. The van der Waals surface area contributed by atoms with Crippen LogP contribution in [-0.4, -0.2) is 73.7 Å². The molecule has 0 aliphatic carbocycles. The summed E-state index contributed by atoms with van der Waals surface area (Å²) in [5.74, 6) is 1.91. The third-order valence-electron chi connectivity index (χ3n) is 4.38. The zero-order valence-electron chi connectivity index (χ0n) is 14.1. The van der Waals surface area contributed by atoms with Crippen molar-refractivity contribution in [1.82, 2.24) is 38.1 Å². The first kappa shape index (κ1) is 17.0. The molecule has 24 heavy (non-hydrogen) atoms. The molecule has 1 aliphatic rings. The Morgan fingerprint density at radius 1 is 1.25 bits per heavy atom. The summed E-state index contributed by atoms with van der Waals surface area (Å²) >= 11 is 0. The van der Waals surface area contributed by atoms with Crippen LogP contribution in [0.25, 0.3) is 0 Å². The Labute approximate surface area is 141 Å². The standard InChI is InChI=1S/C13H22N8O2S/c1-18(2)24(22,23)21-6-4-11(5-7-21)13-17-16-12(19(13)3)8-20-10-14-9-15-20/h9-11H,4-8H2,1-3H3. The fraction of sp³-hybridized carbons (Fsp3) is 0.692. The zero-order chi connectivity index (χ0) is 17.3. The van der Waals surface area contributed by atoms with E-state index in [0.29, 0.717) is 19.6 Å². The molecule has 2 aromatic rings. The van der Waals surface area contributed by atoms with Gasteiger partial charge in [-0.2, -0.15) is 22.1 Å². The van der Waals surface area contributed by atoms with Crippen LogP contribution in [0.5, 0.6) is 0 Å². The van der Waals surface area contributed by atoms with Gasteiger partial charge in [0.05, 0.1) is 0 Å². The maximum atomic E-state index is 12.2. The van der Waals surface area contributed by atoms with Gasteiger partial charge in [-0.1, -0.05) is 0 Å². The van der Waals surface area contributed by atoms with Gasteiger partial charge < -0.3 is 4.57 Å². The van der Waals surface area contributed by atoms with E-state index >= 15 is 0 Å². The van der Waals surface area contributed by atoms with E-state index in [1.165, 1.54) is 14.9 Å². The second-order valence-electron chi connectivity index (χ2n) is 6.09.